The second-order valence-electron chi connectivity index (χ2n) is 4.26. The summed E-state index contributed by atoms with van der Waals surface area (Å²) >= 11 is 1.50. The molecule has 0 radical (unpaired) electrons. The van der Waals surface area contributed by atoms with Crippen molar-refractivity contribution in [2.24, 2.45) is 0 Å². The summed E-state index contributed by atoms with van der Waals surface area (Å²) in [4.78, 5) is 12.9. The van der Waals surface area contributed by atoms with Crippen molar-refractivity contribution in [1.82, 2.24) is 0 Å². The summed E-state index contributed by atoms with van der Waals surface area (Å²) in [5.74, 6) is -0.502. The molecule has 0 saturated carbocycles. The maximum atomic E-state index is 12.0. The number of thiophene rings is 1. The van der Waals surface area contributed by atoms with E-state index in [0.717, 1.165) is 16.1 Å². The first kappa shape index (κ1) is 13.3. The molecule has 0 fully saturated rings. The summed E-state index contributed by atoms with van der Waals surface area (Å²) in [6.07, 6.45) is 0.186. The second kappa shape index (κ2) is 6.17. The van der Waals surface area contributed by atoms with Gasteiger partial charge in [0, 0.05) is 17.0 Å². The number of aryl methyl sites for hydroxylation is 1. The molecule has 2 aromatic rings. The molecule has 0 aliphatic heterocycles. The lowest BCUT2D eigenvalue weighted by Gasteiger charge is -2.10. The van der Waals surface area contributed by atoms with Crippen LogP contribution >= 0.6 is 11.3 Å². The van der Waals surface area contributed by atoms with Gasteiger partial charge < -0.3 is 5.32 Å². The van der Waals surface area contributed by atoms with Crippen molar-refractivity contribution >= 4 is 22.9 Å². The van der Waals surface area contributed by atoms with Gasteiger partial charge in [0.1, 0.15) is 0 Å². The highest BCUT2D eigenvalue weighted by Gasteiger charge is 2.16. The van der Waals surface area contributed by atoms with Gasteiger partial charge in [0.2, 0.25) is 5.91 Å². The number of nitriles is 1. The SMILES string of the molecule is Cc1ccccc1NC(=O)CC(C#N)c1cccs1. The van der Waals surface area contributed by atoms with Crippen LogP contribution in [0.1, 0.15) is 22.8 Å². The average molecular weight is 270 g/mol. The van der Waals surface area contributed by atoms with Crippen LogP contribution in [0, 0.1) is 18.3 Å². The summed E-state index contributed by atoms with van der Waals surface area (Å²) in [5.41, 5.74) is 1.82. The highest BCUT2D eigenvalue weighted by Crippen LogP contribution is 2.24. The van der Waals surface area contributed by atoms with E-state index in [4.69, 9.17) is 5.26 Å². The molecule has 1 N–H and O–H groups in total. The number of hydrogen-bond acceptors (Lipinski definition) is 3. The summed E-state index contributed by atoms with van der Waals surface area (Å²) in [7, 11) is 0. The van der Waals surface area contributed by atoms with E-state index in [2.05, 4.69) is 11.4 Å². The molecule has 2 rings (SSSR count). The Balaban J connectivity index is 2.02. The second-order valence-corrected chi connectivity index (χ2v) is 5.24. The largest absolute Gasteiger partial charge is 0.326 e. The fraction of sp³-hybridized carbons (Fsp3) is 0.200. The van der Waals surface area contributed by atoms with Crippen LogP contribution in [0.15, 0.2) is 41.8 Å². The Bertz CT molecular complexity index is 599. The number of nitrogens with one attached hydrogen (secondary N) is 1. The first-order valence-electron chi connectivity index (χ1n) is 5.99. The Morgan fingerprint density at radius 3 is 2.79 bits per heavy atom. The quantitative estimate of drug-likeness (QED) is 0.921. The van der Waals surface area contributed by atoms with Crippen LogP contribution in [-0.4, -0.2) is 5.91 Å². The van der Waals surface area contributed by atoms with Gasteiger partial charge in [-0.2, -0.15) is 5.26 Å². The zero-order chi connectivity index (χ0) is 13.7. The highest BCUT2D eigenvalue weighted by atomic mass is 32.1. The average Bonchev–Trinajstić information content (AvgIpc) is 2.92. The van der Waals surface area contributed by atoms with E-state index in [0.29, 0.717) is 0 Å². The first-order valence-corrected chi connectivity index (χ1v) is 6.87. The Morgan fingerprint density at radius 2 is 2.16 bits per heavy atom. The predicted octanol–water partition coefficient (Wildman–Crippen LogP) is 3.69. The van der Waals surface area contributed by atoms with Crippen molar-refractivity contribution in [2.75, 3.05) is 5.32 Å². The molecule has 0 spiro atoms. The normalized spacial score (nSPS) is 11.6. The third-order valence-electron chi connectivity index (χ3n) is 2.85. The number of anilines is 1. The Kier molecular flexibility index (Phi) is 4.32. The van der Waals surface area contributed by atoms with E-state index < -0.39 is 0 Å². The fourth-order valence-corrected chi connectivity index (χ4v) is 2.57. The summed E-state index contributed by atoms with van der Waals surface area (Å²) in [6.45, 7) is 1.94. The monoisotopic (exact) mass is 270 g/mol. The Morgan fingerprint density at radius 1 is 1.37 bits per heavy atom. The molecule has 0 saturated heterocycles. The molecular weight excluding hydrogens is 256 g/mol. The van der Waals surface area contributed by atoms with Crippen LogP contribution in [-0.2, 0) is 4.79 Å². The molecule has 4 heteroatoms. The van der Waals surface area contributed by atoms with Crippen LogP contribution in [0.5, 0.6) is 0 Å². The van der Waals surface area contributed by atoms with Gasteiger partial charge in [0.15, 0.2) is 0 Å². The topological polar surface area (TPSA) is 52.9 Å². The van der Waals surface area contributed by atoms with Gasteiger partial charge in [-0.25, -0.2) is 0 Å². The van der Waals surface area contributed by atoms with E-state index in [1.807, 2.05) is 48.7 Å². The Labute approximate surface area is 116 Å². The Hall–Kier alpha value is -2.12. The number of hydrogen-bond donors (Lipinski definition) is 1. The third kappa shape index (κ3) is 3.43. The van der Waals surface area contributed by atoms with Crippen molar-refractivity contribution in [3.63, 3.8) is 0 Å². The molecule has 3 nitrogen and oxygen atoms in total. The fourth-order valence-electron chi connectivity index (χ4n) is 1.80. The van der Waals surface area contributed by atoms with Crippen LogP contribution in [0.4, 0.5) is 5.69 Å². The van der Waals surface area contributed by atoms with Gasteiger partial charge >= 0.3 is 0 Å². The van der Waals surface area contributed by atoms with Gasteiger partial charge in [-0.1, -0.05) is 24.3 Å². The number of para-hydroxylation sites is 1. The highest BCUT2D eigenvalue weighted by molar-refractivity contribution is 7.10. The van der Waals surface area contributed by atoms with Gasteiger partial charge in [-0.15, -0.1) is 11.3 Å². The molecule has 0 bridgehead atoms. The zero-order valence-electron chi connectivity index (χ0n) is 10.6. The van der Waals surface area contributed by atoms with Crippen molar-refractivity contribution in [3.05, 3.63) is 52.2 Å². The number of carbonyl (C=O) groups is 1. The van der Waals surface area contributed by atoms with Crippen molar-refractivity contribution in [1.29, 1.82) is 5.26 Å². The minimum atomic E-state index is -0.371. The molecule has 1 aromatic heterocycles. The molecule has 0 aliphatic carbocycles. The molecule has 19 heavy (non-hydrogen) atoms. The molecule has 1 atom stereocenters. The number of rotatable bonds is 4. The van der Waals surface area contributed by atoms with Crippen LogP contribution in [0.2, 0.25) is 0 Å². The van der Waals surface area contributed by atoms with Gasteiger partial charge in [0.25, 0.3) is 0 Å². The van der Waals surface area contributed by atoms with E-state index in [-0.39, 0.29) is 18.2 Å². The summed E-state index contributed by atoms with van der Waals surface area (Å²) in [5, 5.41) is 13.9. The van der Waals surface area contributed by atoms with E-state index in [1.165, 1.54) is 11.3 Å². The first-order chi connectivity index (χ1) is 9.20. The smallest absolute Gasteiger partial charge is 0.226 e. The van der Waals surface area contributed by atoms with Crippen molar-refractivity contribution in [3.8, 4) is 6.07 Å². The predicted molar refractivity (Wildman–Crippen MR) is 77.1 cm³/mol. The van der Waals surface area contributed by atoms with Gasteiger partial charge in [-0.3, -0.25) is 4.79 Å². The number of benzene rings is 1. The molecule has 1 unspecified atom stereocenters. The maximum absolute atomic E-state index is 12.0. The van der Waals surface area contributed by atoms with Crippen molar-refractivity contribution in [2.45, 2.75) is 19.3 Å². The molecular formula is C15H14N2OS. The number of amides is 1. The van der Waals surface area contributed by atoms with E-state index in [1.54, 1.807) is 0 Å². The minimum absolute atomic E-state index is 0.130. The number of carbonyl (C=O) groups excluding carboxylic acids is 1. The van der Waals surface area contributed by atoms with Crippen molar-refractivity contribution < 1.29 is 4.79 Å². The maximum Gasteiger partial charge on any atom is 0.226 e. The summed E-state index contributed by atoms with van der Waals surface area (Å²) < 4.78 is 0. The lowest BCUT2D eigenvalue weighted by molar-refractivity contribution is -0.116. The molecule has 1 heterocycles. The van der Waals surface area contributed by atoms with E-state index >= 15 is 0 Å². The van der Waals surface area contributed by atoms with Crippen LogP contribution in [0.3, 0.4) is 0 Å². The minimum Gasteiger partial charge on any atom is -0.326 e. The third-order valence-corrected chi connectivity index (χ3v) is 3.84. The lowest BCUT2D eigenvalue weighted by Crippen LogP contribution is -2.15. The van der Waals surface area contributed by atoms with Crippen LogP contribution in [0.25, 0.3) is 0 Å². The van der Waals surface area contributed by atoms with Gasteiger partial charge in [-0.05, 0) is 30.0 Å². The van der Waals surface area contributed by atoms with E-state index in [9.17, 15) is 4.79 Å². The molecule has 1 amide bonds. The molecule has 96 valence electrons. The van der Waals surface area contributed by atoms with Gasteiger partial charge in [0.05, 0.1) is 12.0 Å². The number of nitrogens with zero attached hydrogens (tertiary/aromatic N) is 1. The summed E-state index contributed by atoms with van der Waals surface area (Å²) in [6, 6.07) is 13.6. The van der Waals surface area contributed by atoms with Crippen LogP contribution < -0.4 is 5.32 Å². The lowest BCUT2D eigenvalue weighted by atomic mass is 10.0. The molecule has 0 aliphatic rings. The standard InChI is InChI=1S/C15H14N2OS/c1-11-5-2-3-6-13(11)17-15(18)9-12(10-16)14-7-4-8-19-14/h2-8,12H,9H2,1H3,(H,17,18). The zero-order valence-corrected chi connectivity index (χ0v) is 11.4. The molecule has 1 aromatic carbocycles.